The number of rotatable bonds is 6. The summed E-state index contributed by atoms with van der Waals surface area (Å²) in [6, 6.07) is 5.21. The fourth-order valence-corrected chi connectivity index (χ4v) is 5.37. The zero-order valence-electron chi connectivity index (χ0n) is 13.8. The summed E-state index contributed by atoms with van der Waals surface area (Å²) in [4.78, 5) is -0.0571. The minimum absolute atomic E-state index is 0.0571. The summed E-state index contributed by atoms with van der Waals surface area (Å²) < 4.78 is 143. The van der Waals surface area contributed by atoms with Gasteiger partial charge in [0.2, 0.25) is 0 Å². The van der Waals surface area contributed by atoms with E-state index >= 15 is 0 Å². The quantitative estimate of drug-likeness (QED) is 0.564. The zero-order chi connectivity index (χ0) is 21.7. The average Bonchev–Trinajstić information content (AvgIpc) is 2.44. The minimum Gasteiger partial charge on any atom is -0.211 e. The Bertz CT molecular complexity index is 784. The van der Waals surface area contributed by atoms with Crippen LogP contribution in [-0.2, 0) is 13.7 Å². The first-order valence-electron chi connectivity index (χ1n) is 6.66. The Morgan fingerprint density at radius 3 is 1.56 bits per heavy atom. The van der Waals surface area contributed by atoms with Crippen molar-refractivity contribution in [3.05, 3.63) is 29.8 Å². The topological polar surface area (TPSA) is 43.4 Å². The van der Waals surface area contributed by atoms with E-state index in [9.17, 15) is 47.9 Å². The Balaban J connectivity index is 3.38. The Hall–Kier alpha value is -1.15. The van der Waals surface area contributed by atoms with Crippen LogP contribution in [-0.4, -0.2) is 44.2 Å². The second kappa shape index (κ2) is 6.72. The highest BCUT2D eigenvalue weighted by atomic mass is 32.3. The lowest BCUT2D eigenvalue weighted by molar-refractivity contribution is -0.382. The standard InChI is InChI=1S/C13H13F9O3S2/c1-8-4-6-9(7-5-8)26(2,3)25-27(23,24)13(21,22)11(16,17)10(14,15)12(18,19)20/h4-7H,1-3H3. The molecule has 0 bridgehead atoms. The Morgan fingerprint density at radius 1 is 0.778 bits per heavy atom. The molecule has 0 aliphatic rings. The van der Waals surface area contributed by atoms with Crippen molar-refractivity contribution >= 4 is 20.4 Å². The first-order chi connectivity index (χ1) is 11.7. The van der Waals surface area contributed by atoms with Gasteiger partial charge in [0, 0.05) is 4.90 Å². The SMILES string of the molecule is Cc1ccc(S(C)(C)OS(=O)(=O)C(F)(F)C(F)(F)C(F)(F)C(F)(F)F)cc1. The van der Waals surface area contributed by atoms with Crippen molar-refractivity contribution in [3.63, 3.8) is 0 Å². The highest BCUT2D eigenvalue weighted by molar-refractivity contribution is 8.32. The van der Waals surface area contributed by atoms with Crippen LogP contribution in [0.25, 0.3) is 0 Å². The molecule has 0 N–H and O–H groups in total. The Morgan fingerprint density at radius 2 is 1.19 bits per heavy atom. The molecule has 1 rings (SSSR count). The van der Waals surface area contributed by atoms with Crippen molar-refractivity contribution in [2.45, 2.75) is 35.1 Å². The van der Waals surface area contributed by atoms with Crippen LogP contribution in [0.5, 0.6) is 0 Å². The van der Waals surface area contributed by atoms with Gasteiger partial charge in [0.1, 0.15) is 0 Å². The number of alkyl halides is 9. The molecule has 14 heteroatoms. The first kappa shape index (κ1) is 23.9. The fourth-order valence-electron chi connectivity index (χ4n) is 1.69. The van der Waals surface area contributed by atoms with Crippen LogP contribution in [0.2, 0.25) is 0 Å². The lowest BCUT2D eigenvalue weighted by Gasteiger charge is -2.36. The van der Waals surface area contributed by atoms with Gasteiger partial charge in [-0.15, -0.1) is 0 Å². The summed E-state index contributed by atoms with van der Waals surface area (Å²) in [6.45, 7) is 1.61. The van der Waals surface area contributed by atoms with Gasteiger partial charge in [-0.3, -0.25) is 0 Å². The maximum atomic E-state index is 13.7. The highest BCUT2D eigenvalue weighted by Crippen LogP contribution is 2.59. The lowest BCUT2D eigenvalue weighted by Crippen LogP contribution is -2.63. The van der Waals surface area contributed by atoms with Gasteiger partial charge in [-0.05, 0) is 31.6 Å². The maximum Gasteiger partial charge on any atom is 0.460 e. The summed E-state index contributed by atoms with van der Waals surface area (Å²) >= 11 is 0. The van der Waals surface area contributed by atoms with Crippen molar-refractivity contribution in [2.75, 3.05) is 12.5 Å². The van der Waals surface area contributed by atoms with Crippen LogP contribution in [0, 0.1) is 6.92 Å². The summed E-state index contributed by atoms with van der Waals surface area (Å²) in [6.07, 6.45) is -5.31. The number of hydrogen-bond donors (Lipinski definition) is 0. The van der Waals surface area contributed by atoms with Crippen molar-refractivity contribution < 1.29 is 51.6 Å². The first-order valence-corrected chi connectivity index (χ1v) is 10.4. The zero-order valence-corrected chi connectivity index (χ0v) is 15.4. The Kier molecular flexibility index (Phi) is 5.95. The molecule has 0 atom stereocenters. The van der Waals surface area contributed by atoms with Crippen molar-refractivity contribution in [1.29, 1.82) is 0 Å². The molecule has 3 nitrogen and oxygen atoms in total. The van der Waals surface area contributed by atoms with E-state index in [4.69, 9.17) is 0 Å². The molecule has 158 valence electrons. The number of benzene rings is 1. The predicted octanol–water partition coefficient (Wildman–Crippen LogP) is 5.11. The van der Waals surface area contributed by atoms with E-state index in [1.807, 2.05) is 0 Å². The highest BCUT2D eigenvalue weighted by Gasteiger charge is 2.86. The van der Waals surface area contributed by atoms with Gasteiger partial charge in [-0.25, -0.2) is 3.63 Å². The van der Waals surface area contributed by atoms with E-state index in [-0.39, 0.29) is 4.90 Å². The summed E-state index contributed by atoms with van der Waals surface area (Å²) in [5.41, 5.74) is 0.651. The molecule has 0 aliphatic heterocycles. The van der Waals surface area contributed by atoms with Crippen LogP contribution in [0.3, 0.4) is 0 Å². The molecule has 1 aromatic carbocycles. The van der Waals surface area contributed by atoms with E-state index in [0.717, 1.165) is 12.5 Å². The third kappa shape index (κ3) is 4.01. The van der Waals surface area contributed by atoms with Crippen LogP contribution >= 0.6 is 10.3 Å². The predicted molar refractivity (Wildman–Crippen MR) is 79.8 cm³/mol. The van der Waals surface area contributed by atoms with E-state index in [2.05, 4.69) is 3.63 Å². The van der Waals surface area contributed by atoms with Crippen LogP contribution in [0.1, 0.15) is 5.56 Å². The molecule has 0 fully saturated rings. The number of hydrogen-bond acceptors (Lipinski definition) is 3. The van der Waals surface area contributed by atoms with Gasteiger partial charge < -0.3 is 0 Å². The maximum absolute atomic E-state index is 13.7. The number of halogens is 9. The molecule has 0 aliphatic carbocycles. The molecular formula is C13H13F9O3S2. The largest absolute Gasteiger partial charge is 0.460 e. The molecule has 0 spiro atoms. The molecule has 0 saturated heterocycles. The van der Waals surface area contributed by atoms with Gasteiger partial charge in [0.05, 0.1) is 0 Å². The van der Waals surface area contributed by atoms with E-state index in [1.54, 1.807) is 6.92 Å². The second-order valence-electron chi connectivity index (χ2n) is 5.73. The summed E-state index contributed by atoms with van der Waals surface area (Å²) in [5, 5.41) is -6.87. The molecule has 0 unspecified atom stereocenters. The Labute approximate surface area is 150 Å². The lowest BCUT2D eigenvalue weighted by atomic mass is 10.1. The van der Waals surface area contributed by atoms with E-state index in [0.29, 0.717) is 5.56 Å². The smallest absolute Gasteiger partial charge is 0.211 e. The molecule has 27 heavy (non-hydrogen) atoms. The van der Waals surface area contributed by atoms with Gasteiger partial charge >= 0.3 is 33.4 Å². The molecule has 0 amide bonds. The van der Waals surface area contributed by atoms with E-state index < -0.39 is 43.7 Å². The third-order valence-electron chi connectivity index (χ3n) is 3.28. The minimum atomic E-state index is -7.33. The average molecular weight is 452 g/mol. The van der Waals surface area contributed by atoms with Gasteiger partial charge in [0.15, 0.2) is 0 Å². The molecule has 0 aromatic heterocycles. The molecule has 0 saturated carbocycles. The van der Waals surface area contributed by atoms with Gasteiger partial charge in [-0.2, -0.15) is 47.9 Å². The van der Waals surface area contributed by atoms with Crippen molar-refractivity contribution in [2.24, 2.45) is 0 Å². The van der Waals surface area contributed by atoms with Gasteiger partial charge in [-0.1, -0.05) is 28.0 Å². The molecular weight excluding hydrogens is 439 g/mol. The fraction of sp³-hybridized carbons (Fsp3) is 0.538. The normalized spacial score (nSPS) is 15.7. The summed E-state index contributed by atoms with van der Waals surface area (Å²) in [7, 11) is -10.2. The van der Waals surface area contributed by atoms with Crippen LogP contribution in [0.15, 0.2) is 29.2 Å². The molecule has 1 aromatic rings. The second-order valence-corrected chi connectivity index (χ2v) is 10.6. The molecule has 0 heterocycles. The van der Waals surface area contributed by atoms with Crippen molar-refractivity contribution in [3.8, 4) is 0 Å². The van der Waals surface area contributed by atoms with Gasteiger partial charge in [0.25, 0.3) is 0 Å². The van der Waals surface area contributed by atoms with Crippen LogP contribution in [0.4, 0.5) is 39.5 Å². The molecule has 0 radical (unpaired) electrons. The van der Waals surface area contributed by atoms with Crippen LogP contribution < -0.4 is 0 Å². The third-order valence-corrected chi connectivity index (χ3v) is 7.65. The van der Waals surface area contributed by atoms with E-state index in [1.165, 1.54) is 24.3 Å². The monoisotopic (exact) mass is 452 g/mol. The van der Waals surface area contributed by atoms with Crippen molar-refractivity contribution in [1.82, 2.24) is 0 Å². The number of aryl methyl sites for hydroxylation is 1. The summed E-state index contributed by atoms with van der Waals surface area (Å²) in [5.74, 6) is -14.6.